The molecule has 0 saturated heterocycles. The first kappa shape index (κ1) is 16.7. The van der Waals surface area contributed by atoms with E-state index >= 15 is 0 Å². The molecule has 1 N–H and O–H groups in total. The van der Waals surface area contributed by atoms with E-state index in [1.165, 1.54) is 7.11 Å². The van der Waals surface area contributed by atoms with Gasteiger partial charge < -0.3 is 14.8 Å². The highest BCUT2D eigenvalue weighted by Gasteiger charge is 2.17. The first-order chi connectivity index (χ1) is 10.6. The van der Waals surface area contributed by atoms with Crippen LogP contribution in [0.2, 0.25) is 0 Å². The van der Waals surface area contributed by atoms with Gasteiger partial charge in [0.25, 0.3) is 5.91 Å². The van der Waals surface area contributed by atoms with Gasteiger partial charge in [-0.3, -0.25) is 4.79 Å². The van der Waals surface area contributed by atoms with Gasteiger partial charge in [-0.25, -0.2) is 0 Å². The lowest BCUT2D eigenvalue weighted by Crippen LogP contribution is -2.13. The quantitative estimate of drug-likeness (QED) is 0.777. The summed E-state index contributed by atoms with van der Waals surface area (Å²) in [5, 5.41) is 2.86. The molecule has 0 saturated carbocycles. The van der Waals surface area contributed by atoms with E-state index in [0.29, 0.717) is 21.5 Å². The summed E-state index contributed by atoms with van der Waals surface area (Å²) in [7, 11) is 3.08. The van der Waals surface area contributed by atoms with Crippen molar-refractivity contribution in [2.45, 2.75) is 4.90 Å². The number of anilines is 1. The van der Waals surface area contributed by atoms with Crippen molar-refractivity contribution in [3.8, 4) is 11.5 Å². The lowest BCUT2D eigenvalue weighted by atomic mass is 10.1. The Morgan fingerprint density at radius 3 is 2.36 bits per heavy atom. The van der Waals surface area contributed by atoms with Gasteiger partial charge in [-0.05, 0) is 58.6 Å². The van der Waals surface area contributed by atoms with Crippen molar-refractivity contribution in [2.75, 3.05) is 25.8 Å². The Morgan fingerprint density at radius 1 is 1.14 bits per heavy atom. The minimum atomic E-state index is -0.256. The minimum absolute atomic E-state index is 0.256. The van der Waals surface area contributed by atoms with Crippen LogP contribution < -0.4 is 14.8 Å². The van der Waals surface area contributed by atoms with E-state index in [4.69, 9.17) is 9.47 Å². The molecule has 0 unspecified atom stereocenters. The van der Waals surface area contributed by atoms with E-state index < -0.39 is 0 Å². The molecule has 2 rings (SSSR count). The number of methoxy groups -OCH3 is 2. The smallest absolute Gasteiger partial charge is 0.259 e. The van der Waals surface area contributed by atoms with E-state index in [0.717, 1.165) is 10.6 Å². The van der Waals surface area contributed by atoms with E-state index in [2.05, 4.69) is 21.2 Å². The monoisotopic (exact) mass is 381 g/mol. The van der Waals surface area contributed by atoms with Crippen LogP contribution in [0.3, 0.4) is 0 Å². The standard InChI is InChI=1S/C16H16BrNO3S/c1-20-11-8-13(15(21-2)14(17)9-11)16(19)18-10-4-6-12(22-3)7-5-10/h4-9H,1-3H3,(H,18,19). The van der Waals surface area contributed by atoms with Crippen molar-refractivity contribution < 1.29 is 14.3 Å². The fraction of sp³-hybridized carbons (Fsp3) is 0.188. The van der Waals surface area contributed by atoms with Crippen LogP contribution in [0.1, 0.15) is 10.4 Å². The Kier molecular flexibility index (Phi) is 5.74. The van der Waals surface area contributed by atoms with Gasteiger partial charge in [0, 0.05) is 10.6 Å². The molecule has 0 atom stereocenters. The van der Waals surface area contributed by atoms with E-state index in [-0.39, 0.29) is 5.91 Å². The Balaban J connectivity index is 2.29. The molecule has 0 aromatic heterocycles. The lowest BCUT2D eigenvalue weighted by molar-refractivity contribution is 0.102. The molecule has 116 valence electrons. The van der Waals surface area contributed by atoms with Gasteiger partial charge in [0.2, 0.25) is 0 Å². The molecule has 1 amide bonds. The third-order valence-corrected chi connectivity index (χ3v) is 4.38. The zero-order valence-electron chi connectivity index (χ0n) is 12.5. The summed E-state index contributed by atoms with van der Waals surface area (Å²) in [6.07, 6.45) is 2.01. The minimum Gasteiger partial charge on any atom is -0.497 e. The Morgan fingerprint density at radius 2 is 1.82 bits per heavy atom. The molecule has 4 nitrogen and oxygen atoms in total. The number of hydrogen-bond donors (Lipinski definition) is 1. The molecule has 22 heavy (non-hydrogen) atoms. The zero-order valence-corrected chi connectivity index (χ0v) is 14.9. The maximum atomic E-state index is 12.5. The average Bonchev–Trinajstić information content (AvgIpc) is 2.54. The number of rotatable bonds is 5. The molecule has 0 aliphatic rings. The molecule has 2 aromatic carbocycles. The molecule has 0 spiro atoms. The molecular weight excluding hydrogens is 366 g/mol. The number of nitrogens with one attached hydrogen (secondary N) is 1. The SMILES string of the molecule is COc1cc(Br)c(OC)c(C(=O)Nc2ccc(SC)cc2)c1. The van der Waals surface area contributed by atoms with Crippen LogP contribution in [-0.2, 0) is 0 Å². The van der Waals surface area contributed by atoms with Gasteiger partial charge in [-0.15, -0.1) is 11.8 Å². The first-order valence-corrected chi connectivity index (χ1v) is 8.47. The Labute approximate surface area is 142 Å². The number of hydrogen-bond acceptors (Lipinski definition) is 4. The van der Waals surface area contributed by atoms with E-state index in [9.17, 15) is 4.79 Å². The van der Waals surface area contributed by atoms with Gasteiger partial charge in [0.05, 0.1) is 24.3 Å². The van der Waals surface area contributed by atoms with Gasteiger partial charge in [0.1, 0.15) is 11.5 Å². The predicted octanol–water partition coefficient (Wildman–Crippen LogP) is 4.44. The Hall–Kier alpha value is -1.66. The molecule has 0 aliphatic heterocycles. The summed E-state index contributed by atoms with van der Waals surface area (Å²) in [4.78, 5) is 13.6. The third-order valence-electron chi connectivity index (χ3n) is 3.05. The van der Waals surface area contributed by atoms with Gasteiger partial charge in [-0.2, -0.15) is 0 Å². The highest BCUT2D eigenvalue weighted by atomic mass is 79.9. The van der Waals surface area contributed by atoms with Crippen molar-refractivity contribution in [3.05, 3.63) is 46.4 Å². The van der Waals surface area contributed by atoms with E-state index in [1.807, 2.05) is 30.5 Å². The number of amides is 1. The predicted molar refractivity (Wildman–Crippen MR) is 93.4 cm³/mol. The second-order valence-electron chi connectivity index (χ2n) is 4.37. The molecule has 0 bridgehead atoms. The largest absolute Gasteiger partial charge is 0.497 e. The van der Waals surface area contributed by atoms with Gasteiger partial charge >= 0.3 is 0 Å². The molecule has 0 heterocycles. The fourth-order valence-corrected chi connectivity index (χ4v) is 2.94. The molecule has 6 heteroatoms. The molecular formula is C16H16BrNO3S. The zero-order chi connectivity index (χ0) is 16.1. The first-order valence-electron chi connectivity index (χ1n) is 6.46. The molecule has 2 aromatic rings. The second kappa shape index (κ2) is 7.56. The van der Waals surface area contributed by atoms with Crippen LogP contribution in [0.25, 0.3) is 0 Å². The summed E-state index contributed by atoms with van der Waals surface area (Å²) in [6.45, 7) is 0. The average molecular weight is 382 g/mol. The van der Waals surface area contributed by atoms with Gasteiger partial charge in [0.15, 0.2) is 0 Å². The van der Waals surface area contributed by atoms with Crippen molar-refractivity contribution in [3.63, 3.8) is 0 Å². The Bertz CT molecular complexity index is 674. The number of carbonyl (C=O) groups excluding carboxylic acids is 1. The maximum absolute atomic E-state index is 12.5. The summed E-state index contributed by atoms with van der Waals surface area (Å²) in [5.74, 6) is 0.794. The molecule has 0 fully saturated rings. The number of halogens is 1. The number of thioether (sulfide) groups is 1. The third kappa shape index (κ3) is 3.75. The van der Waals surface area contributed by atoms with Crippen molar-refractivity contribution >= 4 is 39.3 Å². The number of benzene rings is 2. The van der Waals surface area contributed by atoms with Crippen LogP contribution in [0.15, 0.2) is 45.8 Å². The highest BCUT2D eigenvalue weighted by molar-refractivity contribution is 9.10. The summed E-state index contributed by atoms with van der Waals surface area (Å²) >= 11 is 5.03. The van der Waals surface area contributed by atoms with Crippen molar-refractivity contribution in [1.82, 2.24) is 0 Å². The van der Waals surface area contributed by atoms with E-state index in [1.54, 1.807) is 31.0 Å². The summed E-state index contributed by atoms with van der Waals surface area (Å²) < 4.78 is 11.2. The van der Waals surface area contributed by atoms with Crippen LogP contribution in [-0.4, -0.2) is 26.4 Å². The van der Waals surface area contributed by atoms with Crippen LogP contribution in [0.4, 0.5) is 5.69 Å². The second-order valence-corrected chi connectivity index (χ2v) is 6.11. The fourth-order valence-electron chi connectivity index (χ4n) is 1.94. The number of ether oxygens (including phenoxy) is 2. The molecule has 0 radical (unpaired) electrons. The molecule has 0 aliphatic carbocycles. The summed E-state index contributed by atoms with van der Waals surface area (Å²) in [5.41, 5.74) is 1.13. The highest BCUT2D eigenvalue weighted by Crippen LogP contribution is 2.34. The lowest BCUT2D eigenvalue weighted by Gasteiger charge is -2.13. The van der Waals surface area contributed by atoms with Crippen LogP contribution >= 0.6 is 27.7 Å². The maximum Gasteiger partial charge on any atom is 0.259 e. The number of carbonyl (C=O) groups is 1. The van der Waals surface area contributed by atoms with Crippen LogP contribution in [0.5, 0.6) is 11.5 Å². The summed E-state index contributed by atoms with van der Waals surface area (Å²) in [6, 6.07) is 11.0. The van der Waals surface area contributed by atoms with Crippen LogP contribution in [0, 0.1) is 0 Å². The van der Waals surface area contributed by atoms with Gasteiger partial charge in [-0.1, -0.05) is 0 Å². The van der Waals surface area contributed by atoms with Crippen molar-refractivity contribution in [2.24, 2.45) is 0 Å². The van der Waals surface area contributed by atoms with Crippen molar-refractivity contribution in [1.29, 1.82) is 0 Å². The topological polar surface area (TPSA) is 47.6 Å². The normalized spacial score (nSPS) is 10.2.